The Hall–Kier alpha value is 0.150. The lowest BCUT2D eigenvalue weighted by Crippen LogP contribution is -2.49. The fraction of sp³-hybridized carbons (Fsp3) is 1.00. The molecule has 4 rings (SSSR count). The van der Waals surface area contributed by atoms with Gasteiger partial charge in [-0.25, -0.2) is 0 Å². The third-order valence-electron chi connectivity index (χ3n) is 4.52. The average molecular weight is 198 g/mol. The normalized spacial score (nSPS) is 55.3. The second-order valence-corrected chi connectivity index (χ2v) is 6.94. The van der Waals surface area contributed by atoms with E-state index in [0.717, 1.165) is 23.7 Å². The molecule has 0 aromatic heterocycles. The van der Waals surface area contributed by atoms with E-state index in [2.05, 4.69) is 0 Å². The van der Waals surface area contributed by atoms with Crippen LogP contribution in [-0.2, 0) is 10.8 Å². The summed E-state index contributed by atoms with van der Waals surface area (Å²) in [6, 6.07) is 0. The smallest absolute Gasteiger partial charge is 0.0401 e. The SMILES string of the molecule is CS(=O)C1C2CC3CC(C2)CC1C3. The Balaban J connectivity index is 1.89. The highest BCUT2D eigenvalue weighted by molar-refractivity contribution is 7.84. The molecule has 0 radical (unpaired) electrons. The van der Waals surface area contributed by atoms with Crippen LogP contribution in [0.25, 0.3) is 0 Å². The first-order valence-corrected chi connectivity index (χ1v) is 7.18. The maximum absolute atomic E-state index is 11.6. The van der Waals surface area contributed by atoms with E-state index in [4.69, 9.17) is 0 Å². The Morgan fingerprint density at radius 1 is 0.923 bits per heavy atom. The molecule has 0 heterocycles. The summed E-state index contributed by atoms with van der Waals surface area (Å²) in [4.78, 5) is 0. The van der Waals surface area contributed by atoms with Crippen molar-refractivity contribution in [3.05, 3.63) is 0 Å². The van der Waals surface area contributed by atoms with Crippen LogP contribution < -0.4 is 0 Å². The predicted molar refractivity (Wildman–Crippen MR) is 54.9 cm³/mol. The van der Waals surface area contributed by atoms with E-state index in [9.17, 15) is 4.21 Å². The van der Waals surface area contributed by atoms with Crippen molar-refractivity contribution in [2.24, 2.45) is 23.7 Å². The van der Waals surface area contributed by atoms with Gasteiger partial charge in [0, 0.05) is 22.3 Å². The number of rotatable bonds is 1. The predicted octanol–water partition coefficient (Wildman–Crippen LogP) is 2.19. The summed E-state index contributed by atoms with van der Waals surface area (Å²) in [5.74, 6) is 3.70. The van der Waals surface area contributed by atoms with Gasteiger partial charge in [0.05, 0.1) is 0 Å². The molecule has 4 aliphatic carbocycles. The van der Waals surface area contributed by atoms with Gasteiger partial charge < -0.3 is 0 Å². The molecule has 2 heteroatoms. The first-order valence-electron chi connectivity index (χ1n) is 5.56. The summed E-state index contributed by atoms with van der Waals surface area (Å²) < 4.78 is 11.6. The highest BCUT2D eigenvalue weighted by Gasteiger charge is 2.49. The average Bonchev–Trinajstić information content (AvgIpc) is 2.00. The summed E-state index contributed by atoms with van der Waals surface area (Å²) in [6.07, 6.45) is 9.02. The molecule has 4 saturated carbocycles. The lowest BCUT2D eigenvalue weighted by Gasteiger charge is -2.53. The Labute approximate surface area is 82.7 Å². The molecule has 0 N–H and O–H groups in total. The molecule has 0 aliphatic heterocycles. The molecule has 0 amide bonds. The van der Waals surface area contributed by atoms with E-state index in [-0.39, 0.29) is 0 Å². The summed E-state index contributed by atoms with van der Waals surface area (Å²) in [7, 11) is -0.555. The van der Waals surface area contributed by atoms with Gasteiger partial charge in [0.1, 0.15) is 0 Å². The van der Waals surface area contributed by atoms with Gasteiger partial charge in [-0.1, -0.05) is 0 Å². The Morgan fingerprint density at radius 3 is 1.77 bits per heavy atom. The van der Waals surface area contributed by atoms with E-state index < -0.39 is 10.8 Å². The van der Waals surface area contributed by atoms with Crippen LogP contribution in [0.3, 0.4) is 0 Å². The Bertz CT molecular complexity index is 220. The quantitative estimate of drug-likeness (QED) is 0.631. The lowest BCUT2D eigenvalue weighted by molar-refractivity contribution is 0.0254. The molecule has 4 fully saturated rings. The molecule has 0 aromatic carbocycles. The third-order valence-corrected chi connectivity index (χ3v) is 6.06. The van der Waals surface area contributed by atoms with Crippen molar-refractivity contribution < 1.29 is 4.21 Å². The van der Waals surface area contributed by atoms with Crippen molar-refractivity contribution >= 4 is 10.8 Å². The highest BCUT2D eigenvalue weighted by atomic mass is 32.2. The van der Waals surface area contributed by atoms with Gasteiger partial charge in [-0.3, -0.25) is 4.21 Å². The molecule has 1 nitrogen and oxygen atoms in total. The van der Waals surface area contributed by atoms with Gasteiger partial charge >= 0.3 is 0 Å². The molecule has 0 saturated heterocycles. The zero-order chi connectivity index (χ0) is 9.00. The summed E-state index contributed by atoms with van der Waals surface area (Å²) in [5, 5.41) is 0.577. The van der Waals surface area contributed by atoms with Gasteiger partial charge in [0.25, 0.3) is 0 Å². The van der Waals surface area contributed by atoms with E-state index in [0.29, 0.717) is 5.25 Å². The van der Waals surface area contributed by atoms with Crippen LogP contribution in [0.15, 0.2) is 0 Å². The first-order chi connectivity index (χ1) is 6.24. The fourth-order valence-electron chi connectivity index (χ4n) is 4.42. The van der Waals surface area contributed by atoms with Crippen LogP contribution in [0.1, 0.15) is 32.1 Å². The van der Waals surface area contributed by atoms with Gasteiger partial charge in [-0.2, -0.15) is 0 Å². The summed E-state index contributed by atoms with van der Waals surface area (Å²) in [5.41, 5.74) is 0. The zero-order valence-electron chi connectivity index (χ0n) is 8.24. The van der Waals surface area contributed by atoms with E-state index in [1.165, 1.54) is 32.1 Å². The van der Waals surface area contributed by atoms with Crippen LogP contribution in [0, 0.1) is 23.7 Å². The maximum atomic E-state index is 11.6. The number of hydrogen-bond acceptors (Lipinski definition) is 1. The van der Waals surface area contributed by atoms with Crippen LogP contribution in [0.4, 0.5) is 0 Å². The van der Waals surface area contributed by atoms with Gasteiger partial charge in [-0.15, -0.1) is 0 Å². The van der Waals surface area contributed by atoms with Crippen molar-refractivity contribution in [1.82, 2.24) is 0 Å². The Kier molecular flexibility index (Phi) is 1.83. The van der Waals surface area contributed by atoms with Crippen LogP contribution in [-0.4, -0.2) is 15.7 Å². The minimum Gasteiger partial charge on any atom is -0.260 e. The summed E-state index contributed by atoms with van der Waals surface area (Å²) in [6.45, 7) is 0. The number of hydrogen-bond donors (Lipinski definition) is 0. The van der Waals surface area contributed by atoms with Crippen molar-refractivity contribution in [3.8, 4) is 0 Å². The molecule has 74 valence electrons. The zero-order valence-corrected chi connectivity index (χ0v) is 9.06. The molecule has 1 unspecified atom stereocenters. The fourth-order valence-corrected chi connectivity index (χ4v) is 5.95. The molecule has 13 heavy (non-hydrogen) atoms. The minimum absolute atomic E-state index is 0.555. The molecular weight excluding hydrogens is 180 g/mol. The summed E-state index contributed by atoms with van der Waals surface area (Å²) >= 11 is 0. The molecule has 0 spiro atoms. The van der Waals surface area contributed by atoms with Crippen molar-refractivity contribution in [1.29, 1.82) is 0 Å². The van der Waals surface area contributed by atoms with Crippen molar-refractivity contribution in [2.45, 2.75) is 37.4 Å². The van der Waals surface area contributed by atoms with Gasteiger partial charge in [0.15, 0.2) is 0 Å². The van der Waals surface area contributed by atoms with Crippen LogP contribution >= 0.6 is 0 Å². The highest BCUT2D eigenvalue weighted by Crippen LogP contribution is 2.54. The first kappa shape index (κ1) is 8.46. The van der Waals surface area contributed by atoms with E-state index in [1.807, 2.05) is 6.26 Å². The largest absolute Gasteiger partial charge is 0.260 e. The second-order valence-electron chi connectivity index (χ2n) is 5.39. The second kappa shape index (κ2) is 2.82. The van der Waals surface area contributed by atoms with Gasteiger partial charge in [0.2, 0.25) is 0 Å². The Morgan fingerprint density at radius 2 is 1.38 bits per heavy atom. The van der Waals surface area contributed by atoms with E-state index in [1.54, 1.807) is 0 Å². The van der Waals surface area contributed by atoms with Gasteiger partial charge in [-0.05, 0) is 55.8 Å². The molecule has 1 atom stereocenters. The maximum Gasteiger partial charge on any atom is 0.0401 e. The minimum atomic E-state index is -0.555. The molecular formula is C11H18OS. The van der Waals surface area contributed by atoms with E-state index >= 15 is 0 Å². The van der Waals surface area contributed by atoms with Crippen LogP contribution in [0.5, 0.6) is 0 Å². The monoisotopic (exact) mass is 198 g/mol. The topological polar surface area (TPSA) is 17.1 Å². The lowest BCUT2D eigenvalue weighted by atomic mass is 9.56. The molecule has 4 bridgehead atoms. The van der Waals surface area contributed by atoms with Crippen molar-refractivity contribution in [2.75, 3.05) is 6.26 Å². The van der Waals surface area contributed by atoms with Crippen LogP contribution in [0.2, 0.25) is 0 Å². The molecule has 0 aromatic rings. The standard InChI is InChI=1S/C11H18OS/c1-13(12)11-9-3-7-2-8(5-9)6-10(11)4-7/h7-11H,2-6H2,1H3. The van der Waals surface area contributed by atoms with Crippen molar-refractivity contribution in [3.63, 3.8) is 0 Å². The third kappa shape index (κ3) is 1.21. The molecule has 4 aliphatic rings.